The van der Waals surface area contributed by atoms with Crippen molar-refractivity contribution < 1.29 is 9.90 Å². The fraction of sp³-hybridized carbons (Fsp3) is 0.500. The molecule has 6 heteroatoms. The van der Waals surface area contributed by atoms with Crippen LogP contribution < -0.4 is 5.32 Å². The van der Waals surface area contributed by atoms with Crippen molar-refractivity contribution >= 4 is 35.1 Å². The molecular formula is C14H19ClN2O2S. The molecule has 1 aliphatic rings. The molecule has 4 nitrogen and oxygen atoms in total. The Morgan fingerprint density at radius 2 is 2.30 bits per heavy atom. The highest BCUT2D eigenvalue weighted by Crippen LogP contribution is 2.29. The number of β-amino-alcohol motifs (C(OH)–C–C–N with tert-alkyl or cyclic N) is 1. The van der Waals surface area contributed by atoms with Gasteiger partial charge in [-0.1, -0.05) is 18.5 Å². The molecule has 1 aliphatic heterocycles. The highest BCUT2D eigenvalue weighted by Gasteiger charge is 2.27. The molecule has 0 bridgehead atoms. The van der Waals surface area contributed by atoms with E-state index in [1.807, 2.05) is 19.2 Å². The lowest BCUT2D eigenvalue weighted by Gasteiger charge is -2.34. The van der Waals surface area contributed by atoms with Crippen molar-refractivity contribution in [3.05, 3.63) is 23.2 Å². The standard InChI is InChI=1S/C14H19ClN2O2S/c1-9-5-6-17(8-12(9)18)14(19)16-11-7-10(15)3-4-13(11)20-2/h3-4,7,9,12,18H,5-6,8H2,1-2H3,(H,16,19). The van der Waals surface area contributed by atoms with Gasteiger partial charge in [-0.2, -0.15) is 0 Å². The molecule has 2 atom stereocenters. The second-order valence-electron chi connectivity index (χ2n) is 5.05. The van der Waals surface area contributed by atoms with Crippen LogP contribution in [0.15, 0.2) is 23.1 Å². The van der Waals surface area contributed by atoms with Gasteiger partial charge in [-0.3, -0.25) is 0 Å². The number of urea groups is 1. The average Bonchev–Trinajstić information content (AvgIpc) is 2.42. The zero-order valence-corrected chi connectivity index (χ0v) is 13.2. The first kappa shape index (κ1) is 15.5. The summed E-state index contributed by atoms with van der Waals surface area (Å²) >= 11 is 7.52. The maximum Gasteiger partial charge on any atom is 0.321 e. The lowest BCUT2D eigenvalue weighted by atomic mass is 9.96. The van der Waals surface area contributed by atoms with Gasteiger partial charge in [0.15, 0.2) is 0 Å². The van der Waals surface area contributed by atoms with Gasteiger partial charge in [0.05, 0.1) is 11.8 Å². The molecule has 0 radical (unpaired) electrons. The molecule has 2 amide bonds. The van der Waals surface area contributed by atoms with Gasteiger partial charge < -0.3 is 15.3 Å². The van der Waals surface area contributed by atoms with E-state index in [1.54, 1.807) is 28.8 Å². The quantitative estimate of drug-likeness (QED) is 0.824. The third-order valence-corrected chi connectivity index (χ3v) is 4.64. The Balaban J connectivity index is 2.06. The predicted octanol–water partition coefficient (Wildman–Crippen LogP) is 3.30. The largest absolute Gasteiger partial charge is 0.391 e. The number of carbonyl (C=O) groups is 1. The zero-order valence-electron chi connectivity index (χ0n) is 11.6. The third kappa shape index (κ3) is 3.59. The Labute approximate surface area is 128 Å². The van der Waals surface area contributed by atoms with E-state index in [0.717, 1.165) is 11.3 Å². The minimum absolute atomic E-state index is 0.187. The molecule has 0 aliphatic carbocycles. The molecule has 1 fully saturated rings. The van der Waals surface area contributed by atoms with Crippen molar-refractivity contribution in [3.8, 4) is 0 Å². The molecule has 0 aromatic heterocycles. The maximum absolute atomic E-state index is 12.3. The Kier molecular flexibility index (Phi) is 5.18. The summed E-state index contributed by atoms with van der Waals surface area (Å²) in [5, 5.41) is 13.3. The summed E-state index contributed by atoms with van der Waals surface area (Å²) in [6, 6.07) is 5.24. The normalized spacial score (nSPS) is 22.7. The summed E-state index contributed by atoms with van der Waals surface area (Å²) in [6.45, 7) is 3.05. The number of piperidine rings is 1. The summed E-state index contributed by atoms with van der Waals surface area (Å²) in [5.41, 5.74) is 0.711. The van der Waals surface area contributed by atoms with Crippen LogP contribution in [0, 0.1) is 5.92 Å². The number of carbonyl (C=O) groups excluding carboxylic acids is 1. The number of aliphatic hydroxyl groups excluding tert-OH is 1. The van der Waals surface area contributed by atoms with Crippen molar-refractivity contribution in [1.82, 2.24) is 4.90 Å². The van der Waals surface area contributed by atoms with Crippen LogP contribution in [0.5, 0.6) is 0 Å². The van der Waals surface area contributed by atoms with Gasteiger partial charge in [-0.25, -0.2) is 4.79 Å². The van der Waals surface area contributed by atoms with Gasteiger partial charge in [-0.05, 0) is 36.8 Å². The molecule has 110 valence electrons. The summed E-state index contributed by atoms with van der Waals surface area (Å²) < 4.78 is 0. The Morgan fingerprint density at radius 1 is 1.55 bits per heavy atom. The number of rotatable bonds is 2. The van der Waals surface area contributed by atoms with Gasteiger partial charge in [-0.15, -0.1) is 11.8 Å². The number of aliphatic hydroxyl groups is 1. The Hall–Kier alpha value is -0.910. The maximum atomic E-state index is 12.3. The van der Waals surface area contributed by atoms with Gasteiger partial charge in [0.1, 0.15) is 0 Å². The summed E-state index contributed by atoms with van der Waals surface area (Å²) in [5.74, 6) is 0.243. The predicted molar refractivity (Wildman–Crippen MR) is 83.6 cm³/mol. The molecule has 20 heavy (non-hydrogen) atoms. The molecule has 1 aromatic rings. The van der Waals surface area contributed by atoms with E-state index in [4.69, 9.17) is 11.6 Å². The molecule has 0 saturated carbocycles. The minimum Gasteiger partial charge on any atom is -0.391 e. The Bertz CT molecular complexity index is 498. The second-order valence-corrected chi connectivity index (χ2v) is 6.34. The Morgan fingerprint density at radius 3 is 2.95 bits per heavy atom. The van der Waals surface area contributed by atoms with Crippen LogP contribution in [0.25, 0.3) is 0 Å². The first-order valence-corrected chi connectivity index (χ1v) is 8.19. The first-order valence-electron chi connectivity index (χ1n) is 6.58. The molecule has 2 rings (SSSR count). The molecule has 2 N–H and O–H groups in total. The minimum atomic E-state index is -0.450. The molecule has 1 heterocycles. The fourth-order valence-electron chi connectivity index (χ4n) is 2.21. The molecule has 1 aromatic carbocycles. The molecule has 1 saturated heterocycles. The van der Waals surface area contributed by atoms with Crippen LogP contribution in [0.3, 0.4) is 0 Å². The monoisotopic (exact) mass is 314 g/mol. The zero-order chi connectivity index (χ0) is 14.7. The molecular weight excluding hydrogens is 296 g/mol. The van der Waals surface area contributed by atoms with E-state index in [0.29, 0.717) is 23.8 Å². The average molecular weight is 315 g/mol. The van der Waals surface area contributed by atoms with Crippen LogP contribution in [0.1, 0.15) is 13.3 Å². The number of likely N-dealkylation sites (tertiary alicyclic amines) is 1. The number of halogens is 1. The second kappa shape index (κ2) is 6.70. The number of amides is 2. The smallest absolute Gasteiger partial charge is 0.321 e. The van der Waals surface area contributed by atoms with Crippen molar-refractivity contribution in [3.63, 3.8) is 0 Å². The van der Waals surface area contributed by atoms with Crippen LogP contribution in [0.4, 0.5) is 10.5 Å². The van der Waals surface area contributed by atoms with E-state index in [-0.39, 0.29) is 11.9 Å². The number of anilines is 1. The van der Waals surface area contributed by atoms with Gasteiger partial charge in [0.25, 0.3) is 0 Å². The van der Waals surface area contributed by atoms with E-state index in [9.17, 15) is 9.90 Å². The van der Waals surface area contributed by atoms with Crippen LogP contribution in [0.2, 0.25) is 5.02 Å². The number of benzene rings is 1. The molecule has 2 unspecified atom stereocenters. The third-order valence-electron chi connectivity index (χ3n) is 3.61. The summed E-state index contributed by atoms with van der Waals surface area (Å²) in [6.07, 6.45) is 2.32. The van der Waals surface area contributed by atoms with E-state index >= 15 is 0 Å². The van der Waals surface area contributed by atoms with Crippen molar-refractivity contribution in [2.45, 2.75) is 24.3 Å². The fourth-order valence-corrected chi connectivity index (χ4v) is 2.91. The van der Waals surface area contributed by atoms with Crippen molar-refractivity contribution in [2.75, 3.05) is 24.7 Å². The lowest BCUT2D eigenvalue weighted by molar-refractivity contribution is 0.0463. The molecule has 0 spiro atoms. The van der Waals surface area contributed by atoms with Gasteiger partial charge in [0, 0.05) is 23.0 Å². The number of nitrogens with one attached hydrogen (secondary N) is 1. The SMILES string of the molecule is CSc1ccc(Cl)cc1NC(=O)N1CCC(C)C(O)C1. The number of thioether (sulfide) groups is 1. The van der Waals surface area contributed by atoms with E-state index in [1.165, 1.54) is 0 Å². The number of hydrogen-bond donors (Lipinski definition) is 2. The van der Waals surface area contributed by atoms with Crippen molar-refractivity contribution in [1.29, 1.82) is 0 Å². The van der Waals surface area contributed by atoms with E-state index < -0.39 is 6.10 Å². The lowest BCUT2D eigenvalue weighted by Crippen LogP contribution is -2.47. The topological polar surface area (TPSA) is 52.6 Å². The van der Waals surface area contributed by atoms with Crippen LogP contribution in [-0.4, -0.2) is 41.5 Å². The van der Waals surface area contributed by atoms with Crippen LogP contribution in [-0.2, 0) is 0 Å². The van der Waals surface area contributed by atoms with Gasteiger partial charge >= 0.3 is 6.03 Å². The van der Waals surface area contributed by atoms with Crippen molar-refractivity contribution in [2.24, 2.45) is 5.92 Å². The van der Waals surface area contributed by atoms with E-state index in [2.05, 4.69) is 5.32 Å². The van der Waals surface area contributed by atoms with Gasteiger partial charge in [0.2, 0.25) is 0 Å². The number of nitrogens with zero attached hydrogens (tertiary/aromatic N) is 1. The summed E-state index contributed by atoms with van der Waals surface area (Å²) in [4.78, 5) is 14.9. The first-order chi connectivity index (χ1) is 9.51. The highest BCUT2D eigenvalue weighted by molar-refractivity contribution is 7.98. The van der Waals surface area contributed by atoms with Crippen LogP contribution >= 0.6 is 23.4 Å². The highest BCUT2D eigenvalue weighted by atomic mass is 35.5. The number of hydrogen-bond acceptors (Lipinski definition) is 3. The summed E-state index contributed by atoms with van der Waals surface area (Å²) in [7, 11) is 0.